The van der Waals surface area contributed by atoms with Gasteiger partial charge in [0.1, 0.15) is 0 Å². The van der Waals surface area contributed by atoms with Crippen LogP contribution in [-0.4, -0.2) is 16.0 Å². The van der Waals surface area contributed by atoms with Crippen molar-refractivity contribution in [1.82, 2.24) is 9.97 Å². The molecule has 3 N–H and O–H groups in total. The van der Waals surface area contributed by atoms with Gasteiger partial charge in [-0.2, -0.15) is 0 Å². The molecule has 0 aliphatic rings. The highest BCUT2D eigenvalue weighted by molar-refractivity contribution is 5.79. The molecular weight excluding hydrogens is 224 g/mol. The van der Waals surface area contributed by atoms with E-state index in [0.717, 1.165) is 30.3 Å². The quantitative estimate of drug-likeness (QED) is 0.847. The third-order valence-electron chi connectivity index (χ3n) is 3.07. The van der Waals surface area contributed by atoms with Crippen molar-refractivity contribution in [3.8, 4) is 0 Å². The summed E-state index contributed by atoms with van der Waals surface area (Å²) in [6, 6.07) is 8.18. The summed E-state index contributed by atoms with van der Waals surface area (Å²) in [7, 11) is 0. The van der Waals surface area contributed by atoms with E-state index in [2.05, 4.69) is 29.1 Å². The Balaban J connectivity index is 2.29. The molecule has 2 rings (SSSR count). The molecule has 1 atom stereocenters. The Morgan fingerprint density at radius 2 is 1.83 bits per heavy atom. The van der Waals surface area contributed by atoms with Crippen LogP contribution < -0.4 is 11.1 Å². The summed E-state index contributed by atoms with van der Waals surface area (Å²) in [6.45, 7) is 4.35. The Morgan fingerprint density at radius 3 is 2.44 bits per heavy atom. The topological polar surface area (TPSA) is 63.8 Å². The maximum Gasteiger partial charge on any atom is 0.169 e. The van der Waals surface area contributed by atoms with E-state index in [1.165, 1.54) is 0 Å². The minimum absolute atomic E-state index is 0.410. The molecule has 1 aromatic carbocycles. The van der Waals surface area contributed by atoms with E-state index in [0.29, 0.717) is 17.7 Å². The molecule has 0 radical (unpaired) electrons. The Bertz CT molecular complexity index is 524. The molecule has 1 heterocycles. The Morgan fingerprint density at radius 1 is 1.17 bits per heavy atom. The predicted molar refractivity (Wildman–Crippen MR) is 76.6 cm³/mol. The Kier molecular flexibility index (Phi) is 3.97. The van der Waals surface area contributed by atoms with Crippen LogP contribution in [0.15, 0.2) is 24.3 Å². The lowest BCUT2D eigenvalue weighted by Crippen LogP contribution is -2.20. The summed E-state index contributed by atoms with van der Waals surface area (Å²) in [6.07, 6.45) is 3.32. The van der Waals surface area contributed by atoms with E-state index in [4.69, 9.17) is 5.73 Å². The molecule has 0 aliphatic carbocycles. The third kappa shape index (κ3) is 2.70. The van der Waals surface area contributed by atoms with Crippen LogP contribution in [-0.2, 0) is 0 Å². The average molecular weight is 244 g/mol. The summed E-state index contributed by atoms with van der Waals surface area (Å²) < 4.78 is 0. The highest BCUT2D eigenvalue weighted by Crippen LogP contribution is 2.20. The zero-order chi connectivity index (χ0) is 13.0. The van der Waals surface area contributed by atoms with Gasteiger partial charge in [0.15, 0.2) is 11.6 Å². The van der Waals surface area contributed by atoms with E-state index in [1.807, 2.05) is 24.3 Å². The SMILES string of the molecule is CCCC(CC)Nc1nc2ccccc2nc1N. The monoisotopic (exact) mass is 244 g/mol. The second-order valence-corrected chi connectivity index (χ2v) is 4.48. The summed E-state index contributed by atoms with van der Waals surface area (Å²) in [5.41, 5.74) is 7.66. The van der Waals surface area contributed by atoms with Crippen LogP contribution in [0.3, 0.4) is 0 Å². The zero-order valence-electron chi connectivity index (χ0n) is 11.0. The van der Waals surface area contributed by atoms with Crippen molar-refractivity contribution in [1.29, 1.82) is 0 Å². The number of aromatic nitrogens is 2. The van der Waals surface area contributed by atoms with Crippen LogP contribution in [0.4, 0.5) is 11.6 Å². The van der Waals surface area contributed by atoms with Crippen molar-refractivity contribution in [3.05, 3.63) is 24.3 Å². The number of nitrogen functional groups attached to an aromatic ring is 1. The molecule has 0 saturated heterocycles. The van der Waals surface area contributed by atoms with Gasteiger partial charge in [-0.05, 0) is 25.0 Å². The molecule has 0 saturated carbocycles. The van der Waals surface area contributed by atoms with Gasteiger partial charge in [0.2, 0.25) is 0 Å². The van der Waals surface area contributed by atoms with E-state index >= 15 is 0 Å². The largest absolute Gasteiger partial charge is 0.381 e. The number of nitrogens with one attached hydrogen (secondary N) is 1. The van der Waals surface area contributed by atoms with Gasteiger partial charge in [0.05, 0.1) is 11.0 Å². The number of hydrogen-bond acceptors (Lipinski definition) is 4. The summed E-state index contributed by atoms with van der Waals surface area (Å²) in [5.74, 6) is 1.18. The number of benzene rings is 1. The molecule has 0 amide bonds. The van der Waals surface area contributed by atoms with Crippen molar-refractivity contribution in [2.24, 2.45) is 0 Å². The Labute approximate surface area is 108 Å². The first kappa shape index (κ1) is 12.6. The standard InChI is InChI=1S/C14H20N4/c1-3-7-10(4-2)16-14-13(15)17-11-8-5-6-9-12(11)18-14/h5-6,8-10H,3-4,7H2,1-2H3,(H2,15,17)(H,16,18). The zero-order valence-corrected chi connectivity index (χ0v) is 11.0. The molecule has 4 nitrogen and oxygen atoms in total. The highest BCUT2D eigenvalue weighted by atomic mass is 15.1. The van der Waals surface area contributed by atoms with Gasteiger partial charge >= 0.3 is 0 Å². The normalized spacial score (nSPS) is 12.6. The van der Waals surface area contributed by atoms with Gasteiger partial charge in [-0.1, -0.05) is 32.4 Å². The van der Waals surface area contributed by atoms with Crippen molar-refractivity contribution in [3.63, 3.8) is 0 Å². The summed E-state index contributed by atoms with van der Waals surface area (Å²) in [5, 5.41) is 3.39. The van der Waals surface area contributed by atoms with Gasteiger partial charge in [-0.15, -0.1) is 0 Å². The molecular formula is C14H20N4. The van der Waals surface area contributed by atoms with Crippen molar-refractivity contribution >= 4 is 22.7 Å². The first-order valence-corrected chi connectivity index (χ1v) is 6.53. The number of hydrogen-bond donors (Lipinski definition) is 2. The molecule has 18 heavy (non-hydrogen) atoms. The van der Waals surface area contributed by atoms with Gasteiger partial charge in [-0.25, -0.2) is 9.97 Å². The summed E-state index contributed by atoms with van der Waals surface area (Å²) >= 11 is 0. The summed E-state index contributed by atoms with van der Waals surface area (Å²) in [4.78, 5) is 8.92. The van der Waals surface area contributed by atoms with E-state index in [-0.39, 0.29) is 0 Å². The lowest BCUT2D eigenvalue weighted by atomic mass is 10.1. The smallest absolute Gasteiger partial charge is 0.169 e. The minimum atomic E-state index is 0.410. The number of anilines is 2. The molecule has 0 aliphatic heterocycles. The van der Waals surface area contributed by atoms with Gasteiger partial charge in [-0.3, -0.25) is 0 Å². The van der Waals surface area contributed by atoms with Crippen LogP contribution in [0.1, 0.15) is 33.1 Å². The molecule has 0 bridgehead atoms. The first-order chi connectivity index (χ1) is 8.74. The highest BCUT2D eigenvalue weighted by Gasteiger charge is 2.10. The fourth-order valence-electron chi connectivity index (χ4n) is 2.04. The molecule has 96 valence electrons. The lowest BCUT2D eigenvalue weighted by molar-refractivity contribution is 0.621. The van der Waals surface area contributed by atoms with E-state index in [1.54, 1.807) is 0 Å². The number of rotatable bonds is 5. The van der Waals surface area contributed by atoms with Gasteiger partial charge in [0, 0.05) is 6.04 Å². The van der Waals surface area contributed by atoms with Gasteiger partial charge in [0.25, 0.3) is 0 Å². The predicted octanol–water partition coefficient (Wildman–Crippen LogP) is 3.20. The minimum Gasteiger partial charge on any atom is -0.381 e. The molecule has 0 spiro atoms. The number of para-hydroxylation sites is 2. The van der Waals surface area contributed by atoms with Gasteiger partial charge < -0.3 is 11.1 Å². The maximum absolute atomic E-state index is 5.95. The van der Waals surface area contributed by atoms with Crippen LogP contribution >= 0.6 is 0 Å². The molecule has 4 heteroatoms. The van der Waals surface area contributed by atoms with Crippen molar-refractivity contribution in [2.75, 3.05) is 11.1 Å². The molecule has 2 aromatic rings. The second-order valence-electron chi connectivity index (χ2n) is 4.48. The lowest BCUT2D eigenvalue weighted by Gasteiger charge is -2.17. The second kappa shape index (κ2) is 5.67. The number of fused-ring (bicyclic) bond motifs is 1. The fraction of sp³-hybridized carbons (Fsp3) is 0.429. The molecule has 1 unspecified atom stereocenters. The van der Waals surface area contributed by atoms with Crippen LogP contribution in [0, 0.1) is 0 Å². The number of nitrogens with two attached hydrogens (primary N) is 1. The van der Waals surface area contributed by atoms with Crippen LogP contribution in [0.5, 0.6) is 0 Å². The van der Waals surface area contributed by atoms with Crippen molar-refractivity contribution < 1.29 is 0 Å². The number of nitrogens with zero attached hydrogens (tertiary/aromatic N) is 2. The average Bonchev–Trinajstić information content (AvgIpc) is 2.39. The van der Waals surface area contributed by atoms with Crippen LogP contribution in [0.25, 0.3) is 11.0 Å². The van der Waals surface area contributed by atoms with Crippen molar-refractivity contribution in [2.45, 2.75) is 39.2 Å². The van der Waals surface area contributed by atoms with Crippen LogP contribution in [0.2, 0.25) is 0 Å². The third-order valence-corrected chi connectivity index (χ3v) is 3.07. The maximum atomic E-state index is 5.95. The fourth-order valence-corrected chi connectivity index (χ4v) is 2.04. The van der Waals surface area contributed by atoms with E-state index in [9.17, 15) is 0 Å². The molecule has 1 aromatic heterocycles. The van der Waals surface area contributed by atoms with E-state index < -0.39 is 0 Å². The first-order valence-electron chi connectivity index (χ1n) is 6.53. The Hall–Kier alpha value is -1.84. The molecule has 0 fully saturated rings.